The number of urea groups is 1. The summed E-state index contributed by atoms with van der Waals surface area (Å²) >= 11 is 5.66. The molecular weight excluding hydrogens is 426 g/mol. The lowest BCUT2D eigenvalue weighted by Crippen LogP contribution is -2.35. The van der Waals surface area contributed by atoms with Gasteiger partial charge in [0.1, 0.15) is 4.34 Å². The number of aliphatic carboxylic acids is 1. The molecule has 0 atom stereocenters. The lowest BCUT2D eigenvalue weighted by molar-refractivity contribution is -0.137. The Bertz CT molecular complexity index is 1080. The van der Waals surface area contributed by atoms with Crippen LogP contribution in [0, 0.1) is 0 Å². The zero-order chi connectivity index (χ0) is 21.7. The summed E-state index contributed by atoms with van der Waals surface area (Å²) in [5.41, 5.74) is 2.01. The summed E-state index contributed by atoms with van der Waals surface area (Å²) in [6.07, 6.45) is 0.981. The number of thiazole rings is 1. The summed E-state index contributed by atoms with van der Waals surface area (Å²) in [5, 5.41) is 20.6. The van der Waals surface area contributed by atoms with Crippen LogP contribution < -0.4 is 10.2 Å². The molecule has 0 spiro atoms. The topological polar surface area (TPSA) is 120 Å². The van der Waals surface area contributed by atoms with Crippen LogP contribution in [-0.2, 0) is 4.79 Å². The normalized spacial score (nSPS) is 10.7. The number of rotatable bonds is 8. The molecule has 0 radical (unpaired) electrons. The van der Waals surface area contributed by atoms with Gasteiger partial charge in [-0.15, -0.1) is 24.0 Å². The smallest absolute Gasteiger partial charge is 0.335 e. The van der Waals surface area contributed by atoms with E-state index >= 15 is 0 Å². The number of nitrogens with one attached hydrogen (secondary N) is 1. The second-order valence-electron chi connectivity index (χ2n) is 6.46. The number of carbonyl (C=O) groups excluding carboxylic acids is 1. The number of aromatic nitrogens is 1. The molecule has 0 aliphatic heterocycles. The molecule has 0 saturated carbocycles. The molecular formula is C20H19N3O5S2. The zero-order valence-corrected chi connectivity index (χ0v) is 17.4. The second-order valence-corrected chi connectivity index (χ2v) is 8.22. The molecule has 0 aliphatic rings. The van der Waals surface area contributed by atoms with Gasteiger partial charge < -0.3 is 15.5 Å². The molecule has 10 heteroatoms. The van der Waals surface area contributed by atoms with Crippen LogP contribution in [0.1, 0.15) is 29.6 Å². The highest BCUT2D eigenvalue weighted by Gasteiger charge is 2.17. The Hall–Kier alpha value is -3.11. The highest BCUT2D eigenvalue weighted by atomic mass is 32.2. The van der Waals surface area contributed by atoms with Crippen molar-refractivity contribution >= 4 is 63.5 Å². The van der Waals surface area contributed by atoms with E-state index in [1.165, 1.54) is 40.5 Å². The number of aromatic carboxylic acids is 1. The van der Waals surface area contributed by atoms with Crippen molar-refractivity contribution in [2.45, 2.75) is 23.6 Å². The second kappa shape index (κ2) is 9.59. The average molecular weight is 446 g/mol. The maximum Gasteiger partial charge on any atom is 0.335 e. The Morgan fingerprint density at radius 3 is 2.47 bits per heavy atom. The fourth-order valence-corrected chi connectivity index (χ4v) is 3.99. The third-order valence-corrected chi connectivity index (χ3v) is 5.52. The predicted molar refractivity (Wildman–Crippen MR) is 118 cm³/mol. The number of carboxylic acids is 2. The van der Waals surface area contributed by atoms with Crippen LogP contribution in [0.5, 0.6) is 0 Å². The van der Waals surface area contributed by atoms with E-state index in [1.54, 1.807) is 12.1 Å². The van der Waals surface area contributed by atoms with Gasteiger partial charge in [-0.2, -0.15) is 0 Å². The third kappa shape index (κ3) is 5.49. The van der Waals surface area contributed by atoms with Crippen molar-refractivity contribution in [1.29, 1.82) is 0 Å². The Labute approximate surface area is 181 Å². The lowest BCUT2D eigenvalue weighted by atomic mass is 10.2. The van der Waals surface area contributed by atoms with Crippen molar-refractivity contribution in [2.24, 2.45) is 0 Å². The molecule has 2 amide bonds. The Morgan fingerprint density at radius 2 is 1.80 bits per heavy atom. The van der Waals surface area contributed by atoms with E-state index in [0.717, 1.165) is 10.2 Å². The third-order valence-electron chi connectivity index (χ3n) is 4.32. The van der Waals surface area contributed by atoms with Gasteiger partial charge in [0.15, 0.2) is 0 Å². The molecule has 8 nitrogen and oxygen atoms in total. The summed E-state index contributed by atoms with van der Waals surface area (Å²) in [5.74, 6) is -1.92. The number of benzene rings is 2. The number of carboxylic acid groups (broad SMARTS) is 2. The molecule has 3 N–H and O–H groups in total. The van der Waals surface area contributed by atoms with Gasteiger partial charge in [-0.1, -0.05) is 0 Å². The van der Waals surface area contributed by atoms with E-state index < -0.39 is 18.0 Å². The first-order valence-electron chi connectivity index (χ1n) is 9.07. The number of hydrogen-bond acceptors (Lipinski definition) is 6. The summed E-state index contributed by atoms with van der Waals surface area (Å²) in [6.45, 7) is 0.324. The number of hydrogen-bond donors (Lipinski definition) is 4. The molecule has 2 aromatic carbocycles. The van der Waals surface area contributed by atoms with Crippen molar-refractivity contribution in [3.05, 3.63) is 48.0 Å². The minimum absolute atomic E-state index is 0.0308. The molecule has 0 fully saturated rings. The Balaban J connectivity index is 1.80. The van der Waals surface area contributed by atoms with Gasteiger partial charge in [-0.25, -0.2) is 14.6 Å². The number of nitrogens with zero attached hydrogens (tertiary/aromatic N) is 2. The summed E-state index contributed by atoms with van der Waals surface area (Å²) in [7, 11) is 0. The minimum Gasteiger partial charge on any atom is -0.481 e. The van der Waals surface area contributed by atoms with E-state index in [2.05, 4.69) is 22.9 Å². The van der Waals surface area contributed by atoms with Crippen molar-refractivity contribution in [2.75, 3.05) is 16.8 Å². The van der Waals surface area contributed by atoms with E-state index in [9.17, 15) is 14.4 Å². The van der Waals surface area contributed by atoms with Crippen molar-refractivity contribution < 1.29 is 24.6 Å². The predicted octanol–water partition coefficient (Wildman–Crippen LogP) is 4.58. The fraction of sp³-hybridized carbons (Fsp3) is 0.200. The number of carbonyl (C=O) groups is 3. The molecule has 0 bridgehead atoms. The van der Waals surface area contributed by atoms with Crippen molar-refractivity contribution in [3.63, 3.8) is 0 Å². The number of unbranched alkanes of at least 4 members (excludes halogenated alkanes) is 1. The van der Waals surface area contributed by atoms with Crippen LogP contribution in [0.2, 0.25) is 0 Å². The van der Waals surface area contributed by atoms with Gasteiger partial charge >= 0.3 is 18.0 Å². The molecule has 1 aromatic heterocycles. The van der Waals surface area contributed by atoms with E-state index in [1.807, 2.05) is 6.07 Å². The molecule has 0 unspecified atom stereocenters. The zero-order valence-electron chi connectivity index (χ0n) is 15.7. The fourth-order valence-electron chi connectivity index (χ4n) is 2.85. The SMILES string of the molecule is O=C(O)CCCCN(C(=O)Nc1ccc(C(=O)O)cc1)c1ccc2nc(S)sc2c1. The van der Waals surface area contributed by atoms with Crippen LogP contribution in [0.4, 0.5) is 16.2 Å². The van der Waals surface area contributed by atoms with E-state index in [4.69, 9.17) is 10.2 Å². The highest BCUT2D eigenvalue weighted by molar-refractivity contribution is 7.82. The minimum atomic E-state index is -1.05. The van der Waals surface area contributed by atoms with Gasteiger partial charge in [0, 0.05) is 24.3 Å². The highest BCUT2D eigenvalue weighted by Crippen LogP contribution is 2.29. The van der Waals surface area contributed by atoms with Gasteiger partial charge in [0.05, 0.1) is 15.8 Å². The molecule has 0 saturated heterocycles. The maximum atomic E-state index is 13.0. The van der Waals surface area contributed by atoms with Crippen LogP contribution in [0.15, 0.2) is 46.8 Å². The molecule has 3 aromatic rings. The first kappa shape index (κ1) is 21.6. The Morgan fingerprint density at radius 1 is 1.07 bits per heavy atom. The molecule has 156 valence electrons. The molecule has 3 rings (SSSR count). The van der Waals surface area contributed by atoms with Crippen molar-refractivity contribution in [1.82, 2.24) is 4.98 Å². The summed E-state index contributed by atoms with van der Waals surface area (Å²) < 4.78 is 1.50. The number of fused-ring (bicyclic) bond motifs is 1. The maximum absolute atomic E-state index is 13.0. The first-order chi connectivity index (χ1) is 14.3. The quantitative estimate of drug-likeness (QED) is 0.298. The van der Waals surface area contributed by atoms with Crippen LogP contribution in [0.25, 0.3) is 10.2 Å². The number of anilines is 2. The lowest BCUT2D eigenvalue weighted by Gasteiger charge is -2.23. The van der Waals surface area contributed by atoms with Gasteiger partial charge in [-0.05, 0) is 55.3 Å². The average Bonchev–Trinajstić information content (AvgIpc) is 3.07. The van der Waals surface area contributed by atoms with Gasteiger partial charge in [0.25, 0.3) is 0 Å². The van der Waals surface area contributed by atoms with E-state index in [-0.39, 0.29) is 12.0 Å². The standard InChI is InChI=1S/C20H19N3O5S2/c24-17(25)3-1-2-10-23(14-8-9-15-16(11-14)30-20(29)22-15)19(28)21-13-6-4-12(5-7-13)18(26)27/h4-9,11H,1-3,10H2,(H,21,28)(H,22,29)(H,24,25)(H,26,27). The van der Waals surface area contributed by atoms with Crippen LogP contribution in [0.3, 0.4) is 0 Å². The summed E-state index contributed by atoms with van der Waals surface area (Å²) in [4.78, 5) is 40.5. The number of amides is 2. The first-order valence-corrected chi connectivity index (χ1v) is 10.3. The monoisotopic (exact) mass is 445 g/mol. The van der Waals surface area contributed by atoms with Gasteiger partial charge in [0.2, 0.25) is 0 Å². The van der Waals surface area contributed by atoms with Crippen LogP contribution in [-0.4, -0.2) is 39.7 Å². The number of thiol groups is 1. The largest absolute Gasteiger partial charge is 0.481 e. The molecule has 0 aliphatic carbocycles. The van der Waals surface area contributed by atoms with Gasteiger partial charge in [-0.3, -0.25) is 9.69 Å². The van der Waals surface area contributed by atoms with Crippen LogP contribution >= 0.6 is 24.0 Å². The van der Waals surface area contributed by atoms with E-state index in [0.29, 0.717) is 35.1 Å². The molecule has 1 heterocycles. The molecule has 30 heavy (non-hydrogen) atoms. The summed E-state index contributed by atoms with van der Waals surface area (Å²) in [6, 6.07) is 10.9. The van der Waals surface area contributed by atoms with Crippen molar-refractivity contribution in [3.8, 4) is 0 Å². The Kier molecular flexibility index (Phi) is 6.91.